The van der Waals surface area contributed by atoms with Crippen molar-refractivity contribution in [3.05, 3.63) is 50.8 Å². The van der Waals surface area contributed by atoms with Crippen LogP contribution < -0.4 is 5.11 Å². The summed E-state index contributed by atoms with van der Waals surface area (Å²) in [6.07, 6.45) is 0. The van der Waals surface area contributed by atoms with E-state index in [0.29, 0.717) is 33.5 Å². The van der Waals surface area contributed by atoms with Gasteiger partial charge in [-0.3, -0.25) is 4.68 Å². The smallest absolute Gasteiger partial charge is 0.0752 e. The van der Waals surface area contributed by atoms with Crippen molar-refractivity contribution >= 4 is 29.2 Å². The highest BCUT2D eigenvalue weighted by Crippen LogP contribution is 2.26. The normalized spacial score (nSPS) is 10.7. The van der Waals surface area contributed by atoms with Crippen LogP contribution in [0, 0.1) is 13.8 Å². The van der Waals surface area contributed by atoms with E-state index in [-0.39, 0.29) is 5.56 Å². The Kier molecular flexibility index (Phi) is 3.83. The molecule has 0 aliphatic heterocycles. The Bertz CT molecular complexity index is 630. The van der Waals surface area contributed by atoms with Gasteiger partial charge in [-0.1, -0.05) is 29.3 Å². The van der Waals surface area contributed by atoms with E-state index in [2.05, 4.69) is 5.10 Å². The number of carbonyl (C=O) groups is 1. The van der Waals surface area contributed by atoms with Crippen LogP contribution in [0.4, 0.5) is 0 Å². The standard InChI is InChI=1S/C13H12Cl2N2O2/c1-7-12(13(18)19)8(2)17(16-7)6-9-10(14)4-3-5-11(9)15/h3-5H,6H2,1-2H3,(H,18,19)/p-1. The highest BCUT2D eigenvalue weighted by atomic mass is 35.5. The van der Waals surface area contributed by atoms with Crippen molar-refractivity contribution in [2.75, 3.05) is 0 Å². The summed E-state index contributed by atoms with van der Waals surface area (Å²) in [5.41, 5.74) is 1.76. The number of benzene rings is 1. The average molecular weight is 298 g/mol. The van der Waals surface area contributed by atoms with Gasteiger partial charge < -0.3 is 9.90 Å². The second-order valence-electron chi connectivity index (χ2n) is 4.19. The van der Waals surface area contributed by atoms with Gasteiger partial charge in [-0.05, 0) is 26.0 Å². The number of rotatable bonds is 3. The van der Waals surface area contributed by atoms with Gasteiger partial charge >= 0.3 is 0 Å². The Balaban J connectivity index is 2.45. The van der Waals surface area contributed by atoms with E-state index in [4.69, 9.17) is 23.2 Å². The molecule has 4 nitrogen and oxygen atoms in total. The summed E-state index contributed by atoms with van der Waals surface area (Å²) in [5.74, 6) is -1.23. The Morgan fingerprint density at radius 1 is 1.32 bits per heavy atom. The van der Waals surface area contributed by atoms with E-state index in [9.17, 15) is 9.90 Å². The van der Waals surface area contributed by atoms with Crippen molar-refractivity contribution in [1.29, 1.82) is 0 Å². The maximum atomic E-state index is 11.0. The van der Waals surface area contributed by atoms with E-state index in [1.54, 1.807) is 36.7 Å². The molecular weight excluding hydrogens is 287 g/mol. The van der Waals surface area contributed by atoms with Crippen molar-refractivity contribution in [1.82, 2.24) is 9.78 Å². The predicted octanol–water partition coefficient (Wildman–Crippen LogP) is 2.22. The SMILES string of the molecule is Cc1nn(Cc2c(Cl)cccc2Cl)c(C)c1C(=O)[O-]. The molecule has 0 bridgehead atoms. The van der Waals surface area contributed by atoms with Crippen LogP contribution in [0.25, 0.3) is 0 Å². The van der Waals surface area contributed by atoms with Gasteiger partial charge in [0.1, 0.15) is 0 Å². The minimum absolute atomic E-state index is 0.114. The van der Waals surface area contributed by atoms with Gasteiger partial charge in [0.25, 0.3) is 0 Å². The molecule has 19 heavy (non-hydrogen) atoms. The molecule has 0 saturated heterocycles. The molecule has 100 valence electrons. The lowest BCUT2D eigenvalue weighted by Gasteiger charge is -2.09. The molecule has 0 N–H and O–H groups in total. The summed E-state index contributed by atoms with van der Waals surface area (Å²) < 4.78 is 1.56. The van der Waals surface area contributed by atoms with Gasteiger partial charge in [0, 0.05) is 26.9 Å². The monoisotopic (exact) mass is 297 g/mol. The predicted molar refractivity (Wildman–Crippen MR) is 71.6 cm³/mol. The topological polar surface area (TPSA) is 58.0 Å². The first-order valence-corrected chi connectivity index (χ1v) is 6.35. The summed E-state index contributed by atoms with van der Waals surface area (Å²) in [4.78, 5) is 11.0. The number of aromatic nitrogens is 2. The van der Waals surface area contributed by atoms with Crippen LogP contribution in [0.5, 0.6) is 0 Å². The lowest BCUT2D eigenvalue weighted by molar-refractivity contribution is -0.255. The molecule has 0 radical (unpaired) electrons. The number of hydrogen-bond donors (Lipinski definition) is 0. The highest BCUT2D eigenvalue weighted by molar-refractivity contribution is 6.35. The lowest BCUT2D eigenvalue weighted by Crippen LogP contribution is -2.23. The molecule has 6 heteroatoms. The van der Waals surface area contributed by atoms with E-state index >= 15 is 0 Å². The minimum Gasteiger partial charge on any atom is -0.545 e. The average Bonchev–Trinajstić information content (AvgIpc) is 2.59. The number of carbonyl (C=O) groups excluding carboxylic acids is 1. The fourth-order valence-electron chi connectivity index (χ4n) is 1.98. The molecule has 0 unspecified atom stereocenters. The van der Waals surface area contributed by atoms with Gasteiger partial charge in [0.15, 0.2) is 0 Å². The van der Waals surface area contributed by atoms with Crippen LogP contribution in [0.15, 0.2) is 18.2 Å². The number of nitrogens with zero attached hydrogens (tertiary/aromatic N) is 2. The van der Waals surface area contributed by atoms with Crippen LogP contribution in [0.2, 0.25) is 10.0 Å². The van der Waals surface area contributed by atoms with Crippen molar-refractivity contribution in [2.45, 2.75) is 20.4 Å². The molecular formula is C13H11Cl2N2O2-. The summed E-state index contributed by atoms with van der Waals surface area (Å²) in [6, 6.07) is 5.21. The van der Waals surface area contributed by atoms with Crippen LogP contribution in [0.3, 0.4) is 0 Å². The van der Waals surface area contributed by atoms with E-state index in [1.807, 2.05) is 0 Å². The second kappa shape index (κ2) is 5.23. The van der Waals surface area contributed by atoms with Gasteiger partial charge in [-0.2, -0.15) is 5.10 Å². The third-order valence-electron chi connectivity index (χ3n) is 2.96. The molecule has 1 aromatic heterocycles. The van der Waals surface area contributed by atoms with Gasteiger partial charge in [0.05, 0.1) is 18.2 Å². The number of halogens is 2. The van der Waals surface area contributed by atoms with Gasteiger partial charge in [0.2, 0.25) is 0 Å². The highest BCUT2D eigenvalue weighted by Gasteiger charge is 2.14. The molecule has 2 rings (SSSR count). The van der Waals surface area contributed by atoms with Crippen LogP contribution in [-0.4, -0.2) is 15.7 Å². The molecule has 0 spiro atoms. The summed E-state index contributed by atoms with van der Waals surface area (Å²) in [7, 11) is 0. The zero-order valence-corrected chi connectivity index (χ0v) is 11.9. The molecule has 1 aromatic carbocycles. The first-order valence-electron chi connectivity index (χ1n) is 5.60. The molecule has 0 fully saturated rings. The van der Waals surface area contributed by atoms with E-state index < -0.39 is 5.97 Å². The molecule has 2 aromatic rings. The molecule has 0 aliphatic carbocycles. The van der Waals surface area contributed by atoms with Gasteiger partial charge in [-0.15, -0.1) is 0 Å². The third-order valence-corrected chi connectivity index (χ3v) is 3.66. The largest absolute Gasteiger partial charge is 0.545 e. The van der Waals surface area contributed by atoms with Crippen molar-refractivity contribution < 1.29 is 9.90 Å². The zero-order chi connectivity index (χ0) is 14.2. The maximum absolute atomic E-state index is 11.0. The number of aromatic carboxylic acids is 1. The molecule has 0 atom stereocenters. The van der Waals surface area contributed by atoms with Crippen molar-refractivity contribution in [3.63, 3.8) is 0 Å². The molecule has 1 heterocycles. The Labute approximate surface area is 120 Å². The number of aryl methyl sites for hydroxylation is 1. The number of hydrogen-bond acceptors (Lipinski definition) is 3. The Morgan fingerprint density at radius 2 is 1.89 bits per heavy atom. The third kappa shape index (κ3) is 2.60. The lowest BCUT2D eigenvalue weighted by atomic mass is 10.2. The van der Waals surface area contributed by atoms with Gasteiger partial charge in [-0.25, -0.2) is 0 Å². The first kappa shape index (κ1) is 13.9. The quantitative estimate of drug-likeness (QED) is 0.873. The fourth-order valence-corrected chi connectivity index (χ4v) is 2.50. The molecule has 0 aliphatic rings. The fraction of sp³-hybridized carbons (Fsp3) is 0.231. The Morgan fingerprint density at radius 3 is 2.37 bits per heavy atom. The van der Waals surface area contributed by atoms with Crippen molar-refractivity contribution in [3.8, 4) is 0 Å². The van der Waals surface area contributed by atoms with E-state index in [0.717, 1.165) is 0 Å². The zero-order valence-electron chi connectivity index (χ0n) is 10.4. The second-order valence-corrected chi connectivity index (χ2v) is 5.01. The summed E-state index contributed by atoms with van der Waals surface area (Å²) in [6.45, 7) is 3.62. The van der Waals surface area contributed by atoms with Crippen LogP contribution in [0.1, 0.15) is 27.3 Å². The summed E-state index contributed by atoms with van der Waals surface area (Å²) in [5, 5.41) is 16.3. The molecule has 0 saturated carbocycles. The minimum atomic E-state index is -1.23. The maximum Gasteiger partial charge on any atom is 0.0752 e. The first-order chi connectivity index (χ1) is 8.91. The van der Waals surface area contributed by atoms with Crippen LogP contribution in [-0.2, 0) is 6.54 Å². The van der Waals surface area contributed by atoms with E-state index in [1.165, 1.54) is 0 Å². The van der Waals surface area contributed by atoms with Crippen molar-refractivity contribution in [2.24, 2.45) is 0 Å². The Hall–Kier alpha value is -1.52. The molecule has 0 amide bonds. The summed E-state index contributed by atoms with van der Waals surface area (Å²) >= 11 is 12.2. The number of carboxylic acids is 1. The van der Waals surface area contributed by atoms with Crippen LogP contribution >= 0.6 is 23.2 Å². The number of carboxylic acid groups (broad SMARTS) is 1.